The second-order valence-electron chi connectivity index (χ2n) is 8.68. The molecule has 0 aliphatic rings. The van der Waals surface area contributed by atoms with Crippen LogP contribution in [0.1, 0.15) is 33.7 Å². The van der Waals surface area contributed by atoms with Crippen LogP contribution in [-0.4, -0.2) is 16.8 Å². The number of thioether (sulfide) groups is 1. The summed E-state index contributed by atoms with van der Waals surface area (Å²) in [4.78, 5) is 25.5. The largest absolute Gasteiger partial charge is 0.418 e. The Hall–Kier alpha value is -4.15. The molecule has 0 heterocycles. The number of thiocarbonyl (C=S) groups is 1. The molecular formula is C30H24F3N3O2S2. The molecule has 0 aliphatic heterocycles. The zero-order valence-corrected chi connectivity index (χ0v) is 22.8. The molecule has 1 unspecified atom stereocenters. The Balaban J connectivity index is 1.50. The van der Waals surface area contributed by atoms with E-state index in [1.54, 1.807) is 78.9 Å². The molecule has 4 aromatic carbocycles. The van der Waals surface area contributed by atoms with Crippen LogP contribution in [0.4, 0.5) is 30.2 Å². The molecule has 0 spiro atoms. The van der Waals surface area contributed by atoms with Gasteiger partial charge < -0.3 is 16.0 Å². The van der Waals surface area contributed by atoms with Gasteiger partial charge in [-0.1, -0.05) is 48.5 Å². The summed E-state index contributed by atoms with van der Waals surface area (Å²) in [7, 11) is 0. The molecule has 1 amide bonds. The molecule has 0 aromatic heterocycles. The first kappa shape index (κ1) is 28.8. The minimum absolute atomic E-state index is 0.0337. The zero-order chi connectivity index (χ0) is 28.7. The smallest absolute Gasteiger partial charge is 0.332 e. The lowest BCUT2D eigenvalue weighted by Gasteiger charge is -2.20. The van der Waals surface area contributed by atoms with Crippen molar-refractivity contribution in [2.75, 3.05) is 16.0 Å². The third-order valence-electron chi connectivity index (χ3n) is 5.73. The first-order valence-corrected chi connectivity index (χ1v) is 13.4. The van der Waals surface area contributed by atoms with E-state index in [9.17, 15) is 22.8 Å². The van der Waals surface area contributed by atoms with Crippen LogP contribution in [0.3, 0.4) is 0 Å². The summed E-state index contributed by atoms with van der Waals surface area (Å²) in [6, 6.07) is 27.8. The van der Waals surface area contributed by atoms with Gasteiger partial charge in [0.25, 0.3) is 0 Å². The van der Waals surface area contributed by atoms with Gasteiger partial charge in [-0.25, -0.2) is 0 Å². The number of halogens is 3. The van der Waals surface area contributed by atoms with E-state index in [4.69, 9.17) is 12.2 Å². The fraction of sp³-hybridized carbons (Fsp3) is 0.100. The number of amides is 1. The molecule has 0 radical (unpaired) electrons. The number of carbonyl (C=O) groups excluding carboxylic acids is 2. The van der Waals surface area contributed by atoms with Crippen LogP contribution >= 0.6 is 24.0 Å². The van der Waals surface area contributed by atoms with Gasteiger partial charge >= 0.3 is 6.18 Å². The maximum atomic E-state index is 13.5. The van der Waals surface area contributed by atoms with Crippen LogP contribution in [0, 0.1) is 0 Å². The fourth-order valence-electron chi connectivity index (χ4n) is 3.80. The Bertz CT molecular complexity index is 1510. The molecule has 0 saturated heterocycles. The maximum Gasteiger partial charge on any atom is 0.418 e. The minimum atomic E-state index is -4.61. The van der Waals surface area contributed by atoms with Gasteiger partial charge in [-0.05, 0) is 79.3 Å². The highest BCUT2D eigenvalue weighted by Gasteiger charge is 2.34. The van der Waals surface area contributed by atoms with Gasteiger partial charge in [0, 0.05) is 21.8 Å². The molecule has 1 atom stereocenters. The Morgan fingerprint density at radius 2 is 1.43 bits per heavy atom. The van der Waals surface area contributed by atoms with Crippen LogP contribution < -0.4 is 16.0 Å². The molecule has 4 rings (SSSR count). The van der Waals surface area contributed by atoms with Crippen LogP contribution in [0.2, 0.25) is 0 Å². The lowest BCUT2D eigenvalue weighted by molar-refractivity contribution is -0.137. The summed E-state index contributed by atoms with van der Waals surface area (Å²) in [5.74, 6) is -0.619. The number of para-hydroxylation sites is 1. The van der Waals surface area contributed by atoms with Crippen LogP contribution in [0.15, 0.2) is 108 Å². The summed E-state index contributed by atoms with van der Waals surface area (Å²) in [6.45, 7) is 1.49. The molecule has 10 heteroatoms. The third kappa shape index (κ3) is 7.71. The number of hydrogen-bond acceptors (Lipinski definition) is 4. The summed E-state index contributed by atoms with van der Waals surface area (Å²) in [5, 5.41) is 8.10. The van der Waals surface area contributed by atoms with Gasteiger partial charge in [0.05, 0.1) is 11.3 Å². The Morgan fingerprint density at radius 3 is 2.10 bits per heavy atom. The number of nitrogens with one attached hydrogen (secondary N) is 3. The molecule has 0 aliphatic carbocycles. The van der Waals surface area contributed by atoms with E-state index in [2.05, 4.69) is 16.0 Å². The van der Waals surface area contributed by atoms with E-state index >= 15 is 0 Å². The van der Waals surface area contributed by atoms with E-state index in [1.807, 2.05) is 0 Å². The van der Waals surface area contributed by atoms with Crippen molar-refractivity contribution in [2.45, 2.75) is 23.2 Å². The summed E-state index contributed by atoms with van der Waals surface area (Å²) in [5.41, 5.74) is 1.37. The Labute approximate surface area is 239 Å². The molecular weight excluding hydrogens is 555 g/mol. The first-order valence-electron chi connectivity index (χ1n) is 12.1. The lowest BCUT2D eigenvalue weighted by Crippen LogP contribution is -2.21. The van der Waals surface area contributed by atoms with Gasteiger partial charge in [0.2, 0.25) is 5.91 Å². The summed E-state index contributed by atoms with van der Waals surface area (Å²) in [6.07, 6.45) is -4.61. The number of hydrogen-bond donors (Lipinski definition) is 3. The van der Waals surface area contributed by atoms with Crippen molar-refractivity contribution in [3.63, 3.8) is 0 Å². The molecule has 0 fully saturated rings. The Morgan fingerprint density at radius 1 is 0.775 bits per heavy atom. The molecule has 204 valence electrons. The number of Topliss-reactive ketones (excluding diaryl/α,β-unsaturated/α-hetero) is 1. The van der Waals surface area contributed by atoms with Crippen molar-refractivity contribution >= 4 is 57.8 Å². The molecule has 4 aromatic rings. The zero-order valence-electron chi connectivity index (χ0n) is 21.2. The number of rotatable bonds is 8. The molecule has 5 nitrogen and oxygen atoms in total. The maximum absolute atomic E-state index is 13.5. The molecule has 0 bridgehead atoms. The lowest BCUT2D eigenvalue weighted by atomic mass is 10.1. The number of alkyl halides is 3. The van der Waals surface area contributed by atoms with E-state index in [1.165, 1.54) is 36.9 Å². The van der Waals surface area contributed by atoms with Crippen LogP contribution in [-0.2, 0) is 11.0 Å². The highest BCUT2D eigenvalue weighted by molar-refractivity contribution is 8.00. The Kier molecular flexibility index (Phi) is 9.23. The van der Waals surface area contributed by atoms with Gasteiger partial charge in [-0.15, -0.1) is 11.8 Å². The van der Waals surface area contributed by atoms with Gasteiger partial charge in [0.15, 0.2) is 10.9 Å². The van der Waals surface area contributed by atoms with Crippen molar-refractivity contribution in [1.29, 1.82) is 0 Å². The van der Waals surface area contributed by atoms with Crippen LogP contribution in [0.25, 0.3) is 0 Å². The van der Waals surface area contributed by atoms with E-state index in [0.717, 1.165) is 6.07 Å². The quantitative estimate of drug-likeness (QED) is 0.111. The molecule has 3 N–H and O–H groups in total. The fourth-order valence-corrected chi connectivity index (χ4v) is 5.12. The second-order valence-corrected chi connectivity index (χ2v) is 10.3. The summed E-state index contributed by atoms with van der Waals surface area (Å²) >= 11 is 6.62. The van der Waals surface area contributed by atoms with Crippen LogP contribution in [0.5, 0.6) is 0 Å². The highest BCUT2D eigenvalue weighted by atomic mass is 32.2. The number of ketones is 1. The van der Waals surface area contributed by atoms with Gasteiger partial charge in [-0.3, -0.25) is 9.59 Å². The highest BCUT2D eigenvalue weighted by Crippen LogP contribution is 2.39. The number of carbonyl (C=O) groups is 2. The number of benzene rings is 4. The molecule has 40 heavy (non-hydrogen) atoms. The van der Waals surface area contributed by atoms with Crippen molar-refractivity contribution in [1.82, 2.24) is 0 Å². The molecule has 0 saturated carbocycles. The predicted molar refractivity (Wildman–Crippen MR) is 158 cm³/mol. The average Bonchev–Trinajstić information content (AvgIpc) is 2.92. The standard InChI is InChI=1S/C30H24F3N3O2S2/c1-19(37)20-14-16-22(17-15-20)34-29(39)35-23-10-7-11-24(18-23)40-27(21-8-3-2-4-9-21)28(38)36-26-13-6-5-12-25(26)30(31,32)33/h2-18,27H,1H3,(H,36,38)(H2,34,35,39). The monoisotopic (exact) mass is 579 g/mol. The van der Waals surface area contributed by atoms with Crippen molar-refractivity contribution in [2.24, 2.45) is 0 Å². The van der Waals surface area contributed by atoms with E-state index in [0.29, 0.717) is 32.5 Å². The van der Waals surface area contributed by atoms with Gasteiger partial charge in [0.1, 0.15) is 5.25 Å². The third-order valence-corrected chi connectivity index (χ3v) is 7.18. The first-order chi connectivity index (χ1) is 19.1. The second kappa shape index (κ2) is 12.8. The van der Waals surface area contributed by atoms with E-state index in [-0.39, 0.29) is 11.5 Å². The van der Waals surface area contributed by atoms with Crippen molar-refractivity contribution in [3.05, 3.63) is 120 Å². The van der Waals surface area contributed by atoms with Crippen molar-refractivity contribution in [3.8, 4) is 0 Å². The normalized spacial score (nSPS) is 11.8. The summed E-state index contributed by atoms with van der Waals surface area (Å²) < 4.78 is 40.5. The predicted octanol–water partition coefficient (Wildman–Crippen LogP) is 8.19. The van der Waals surface area contributed by atoms with Crippen molar-refractivity contribution < 1.29 is 22.8 Å². The number of anilines is 3. The SMILES string of the molecule is CC(=O)c1ccc(NC(=S)Nc2cccc(SC(C(=O)Nc3ccccc3C(F)(F)F)c3ccccc3)c2)cc1. The van der Waals surface area contributed by atoms with Gasteiger partial charge in [-0.2, -0.15) is 13.2 Å². The van der Waals surface area contributed by atoms with E-state index < -0.39 is 22.9 Å². The minimum Gasteiger partial charge on any atom is -0.332 e. The average molecular weight is 580 g/mol. The topological polar surface area (TPSA) is 70.2 Å².